The van der Waals surface area contributed by atoms with Gasteiger partial charge in [-0.2, -0.15) is 0 Å². The molecular formula is C14H20Cl2N2. The van der Waals surface area contributed by atoms with Crippen molar-refractivity contribution in [3.63, 3.8) is 0 Å². The second kappa shape index (κ2) is 6.25. The van der Waals surface area contributed by atoms with Gasteiger partial charge in [-0.3, -0.25) is 0 Å². The number of nitrogens with zero attached hydrogens (tertiary/aromatic N) is 1. The van der Waals surface area contributed by atoms with E-state index in [-0.39, 0.29) is 0 Å². The Morgan fingerprint density at radius 3 is 2.39 bits per heavy atom. The van der Waals surface area contributed by atoms with Gasteiger partial charge in [0.15, 0.2) is 0 Å². The van der Waals surface area contributed by atoms with Crippen LogP contribution in [0.4, 0.5) is 0 Å². The van der Waals surface area contributed by atoms with E-state index in [1.54, 1.807) is 0 Å². The Kier molecular flexibility index (Phi) is 4.91. The minimum absolute atomic E-state index is 0.418. The average Bonchev–Trinajstić information content (AvgIpc) is 2.35. The minimum atomic E-state index is 0.418. The summed E-state index contributed by atoms with van der Waals surface area (Å²) in [5, 5.41) is 4.69. The predicted octanol–water partition coefficient (Wildman–Crippen LogP) is 3.60. The molecule has 0 radical (unpaired) electrons. The normalized spacial score (nSPS) is 19.2. The number of hydrogen-bond donors (Lipinski definition) is 1. The molecule has 0 spiro atoms. The van der Waals surface area contributed by atoms with Gasteiger partial charge in [-0.1, -0.05) is 29.3 Å². The fourth-order valence-electron chi connectivity index (χ4n) is 2.85. The Morgan fingerprint density at radius 2 is 1.83 bits per heavy atom. The van der Waals surface area contributed by atoms with E-state index in [0.29, 0.717) is 22.0 Å². The summed E-state index contributed by atoms with van der Waals surface area (Å²) in [7, 11) is 4.27. The van der Waals surface area contributed by atoms with Gasteiger partial charge in [0.1, 0.15) is 0 Å². The quantitative estimate of drug-likeness (QED) is 0.914. The van der Waals surface area contributed by atoms with Crippen LogP contribution in [0.15, 0.2) is 18.2 Å². The zero-order chi connectivity index (χ0) is 13.1. The van der Waals surface area contributed by atoms with Gasteiger partial charge in [0, 0.05) is 6.04 Å². The van der Waals surface area contributed by atoms with E-state index in [1.807, 2.05) is 12.1 Å². The molecule has 0 saturated carbocycles. The second-order valence-corrected chi connectivity index (χ2v) is 5.98. The summed E-state index contributed by atoms with van der Waals surface area (Å²) in [5.74, 6) is 0.679. The fraction of sp³-hybridized carbons (Fsp3) is 0.571. The molecule has 1 aliphatic heterocycles. The molecule has 0 amide bonds. The maximum absolute atomic E-state index is 6.14. The van der Waals surface area contributed by atoms with E-state index in [0.717, 1.165) is 13.1 Å². The number of hydrogen-bond acceptors (Lipinski definition) is 2. The molecule has 100 valence electrons. The number of benzene rings is 1. The molecule has 1 aromatic rings. The van der Waals surface area contributed by atoms with Crippen LogP contribution in [0, 0.1) is 5.92 Å². The largest absolute Gasteiger partial charge is 0.317 e. The van der Waals surface area contributed by atoms with Crippen LogP contribution in [0.5, 0.6) is 0 Å². The summed E-state index contributed by atoms with van der Waals surface area (Å²) in [4.78, 5) is 2.29. The highest BCUT2D eigenvalue weighted by molar-refractivity contribution is 6.42. The standard InChI is InChI=1S/C14H20Cl2N2/c1-18(2)14(10-5-7-17-8-6-10)11-3-4-12(15)13(16)9-11/h3-4,9-10,14,17H,5-8H2,1-2H3. The highest BCUT2D eigenvalue weighted by Crippen LogP contribution is 2.35. The van der Waals surface area contributed by atoms with E-state index in [9.17, 15) is 0 Å². The zero-order valence-electron chi connectivity index (χ0n) is 10.9. The molecule has 0 aromatic heterocycles. The van der Waals surface area contributed by atoms with Gasteiger partial charge >= 0.3 is 0 Å². The van der Waals surface area contributed by atoms with Crippen molar-refractivity contribution < 1.29 is 0 Å². The van der Waals surface area contributed by atoms with Gasteiger partial charge in [-0.25, -0.2) is 0 Å². The van der Waals surface area contributed by atoms with E-state index >= 15 is 0 Å². The summed E-state index contributed by atoms with van der Waals surface area (Å²) in [5.41, 5.74) is 1.27. The molecule has 1 aromatic carbocycles. The van der Waals surface area contributed by atoms with Gasteiger partial charge in [0.2, 0.25) is 0 Å². The number of halogens is 2. The molecule has 0 aliphatic carbocycles. The van der Waals surface area contributed by atoms with Crippen molar-refractivity contribution in [3.05, 3.63) is 33.8 Å². The van der Waals surface area contributed by atoms with Crippen molar-refractivity contribution in [1.82, 2.24) is 10.2 Å². The lowest BCUT2D eigenvalue weighted by Gasteiger charge is -2.35. The van der Waals surface area contributed by atoms with Gasteiger partial charge in [0.25, 0.3) is 0 Å². The van der Waals surface area contributed by atoms with Crippen LogP contribution in [0.25, 0.3) is 0 Å². The van der Waals surface area contributed by atoms with Gasteiger partial charge < -0.3 is 10.2 Å². The number of piperidine rings is 1. The molecule has 1 N–H and O–H groups in total. The monoisotopic (exact) mass is 286 g/mol. The highest BCUT2D eigenvalue weighted by atomic mass is 35.5. The maximum Gasteiger partial charge on any atom is 0.0595 e. The Bertz CT molecular complexity index is 401. The van der Waals surface area contributed by atoms with Gasteiger partial charge in [0.05, 0.1) is 10.0 Å². The molecular weight excluding hydrogens is 267 g/mol. The molecule has 0 bridgehead atoms. The minimum Gasteiger partial charge on any atom is -0.317 e. The van der Waals surface area contributed by atoms with E-state index in [2.05, 4.69) is 30.4 Å². The maximum atomic E-state index is 6.14. The van der Waals surface area contributed by atoms with Crippen LogP contribution in [0.2, 0.25) is 10.0 Å². The van der Waals surface area contributed by atoms with Crippen molar-refractivity contribution in [2.24, 2.45) is 5.92 Å². The highest BCUT2D eigenvalue weighted by Gasteiger charge is 2.26. The van der Waals surface area contributed by atoms with Crippen LogP contribution in [0.3, 0.4) is 0 Å². The Morgan fingerprint density at radius 1 is 1.17 bits per heavy atom. The van der Waals surface area contributed by atoms with Crippen molar-refractivity contribution in [2.45, 2.75) is 18.9 Å². The molecule has 1 heterocycles. The molecule has 2 nitrogen and oxygen atoms in total. The van der Waals surface area contributed by atoms with Gasteiger partial charge in [-0.05, 0) is 63.6 Å². The fourth-order valence-corrected chi connectivity index (χ4v) is 3.15. The van der Waals surface area contributed by atoms with Crippen LogP contribution in [-0.4, -0.2) is 32.1 Å². The zero-order valence-corrected chi connectivity index (χ0v) is 12.4. The summed E-state index contributed by atoms with van der Waals surface area (Å²) in [6, 6.07) is 6.43. The van der Waals surface area contributed by atoms with Crippen molar-refractivity contribution in [2.75, 3.05) is 27.2 Å². The summed E-state index contributed by atoms with van der Waals surface area (Å²) < 4.78 is 0. The first-order chi connectivity index (χ1) is 8.59. The molecule has 1 unspecified atom stereocenters. The van der Waals surface area contributed by atoms with Crippen molar-refractivity contribution in [1.29, 1.82) is 0 Å². The Labute approximate surface area is 119 Å². The predicted molar refractivity (Wildman–Crippen MR) is 78.5 cm³/mol. The summed E-state index contributed by atoms with van der Waals surface area (Å²) in [6.07, 6.45) is 2.42. The molecule has 1 atom stereocenters. The van der Waals surface area contributed by atoms with Gasteiger partial charge in [-0.15, -0.1) is 0 Å². The third-order valence-corrected chi connectivity index (χ3v) is 4.41. The average molecular weight is 287 g/mol. The van der Waals surface area contributed by atoms with Crippen LogP contribution >= 0.6 is 23.2 Å². The molecule has 18 heavy (non-hydrogen) atoms. The topological polar surface area (TPSA) is 15.3 Å². The second-order valence-electron chi connectivity index (χ2n) is 5.17. The number of rotatable bonds is 3. The van der Waals surface area contributed by atoms with Crippen LogP contribution in [0.1, 0.15) is 24.4 Å². The third kappa shape index (κ3) is 3.18. The summed E-state index contributed by atoms with van der Waals surface area (Å²) in [6.45, 7) is 2.21. The Hall–Kier alpha value is -0.280. The van der Waals surface area contributed by atoms with E-state index < -0.39 is 0 Å². The lowest BCUT2D eigenvalue weighted by atomic mass is 9.85. The van der Waals surface area contributed by atoms with Crippen LogP contribution in [-0.2, 0) is 0 Å². The van der Waals surface area contributed by atoms with Crippen LogP contribution < -0.4 is 5.32 Å². The Balaban J connectivity index is 2.25. The smallest absolute Gasteiger partial charge is 0.0595 e. The van der Waals surface area contributed by atoms with Crippen molar-refractivity contribution >= 4 is 23.2 Å². The summed E-state index contributed by atoms with van der Waals surface area (Å²) >= 11 is 12.1. The first-order valence-corrected chi connectivity index (χ1v) is 7.17. The lowest BCUT2D eigenvalue weighted by molar-refractivity contribution is 0.177. The third-order valence-electron chi connectivity index (χ3n) is 3.67. The van der Waals surface area contributed by atoms with E-state index in [1.165, 1.54) is 18.4 Å². The lowest BCUT2D eigenvalue weighted by Crippen LogP contribution is -2.36. The first kappa shape index (κ1) is 14.1. The number of nitrogens with one attached hydrogen (secondary N) is 1. The molecule has 1 fully saturated rings. The molecule has 1 saturated heterocycles. The molecule has 1 aliphatic rings. The SMILES string of the molecule is CN(C)C(c1ccc(Cl)c(Cl)c1)C1CCNCC1. The van der Waals surface area contributed by atoms with E-state index in [4.69, 9.17) is 23.2 Å². The first-order valence-electron chi connectivity index (χ1n) is 6.41. The molecule has 2 rings (SSSR count). The molecule has 4 heteroatoms. The van der Waals surface area contributed by atoms with Crippen molar-refractivity contribution in [3.8, 4) is 0 Å².